The zero-order valence-electron chi connectivity index (χ0n) is 12.6. The van der Waals surface area contributed by atoms with Crippen molar-refractivity contribution in [2.75, 3.05) is 45.8 Å². The predicted molar refractivity (Wildman–Crippen MR) is 80.9 cm³/mol. The van der Waals surface area contributed by atoms with Crippen LogP contribution in [-0.2, 0) is 7.05 Å². The molecular weight excluding hydrogens is 252 g/mol. The molecule has 112 valence electrons. The van der Waals surface area contributed by atoms with E-state index in [1.54, 1.807) is 0 Å². The molecule has 0 atom stereocenters. The Morgan fingerprint density at radius 2 is 1.95 bits per heavy atom. The highest BCUT2D eigenvalue weighted by atomic mass is 16.1. The predicted octanol–water partition coefficient (Wildman–Crippen LogP) is 0.782. The summed E-state index contributed by atoms with van der Waals surface area (Å²) < 4.78 is 1.85. The number of piperazine rings is 1. The summed E-state index contributed by atoms with van der Waals surface area (Å²) in [6, 6.07) is 3.74. The number of aromatic nitrogens is 1. The molecule has 1 aromatic heterocycles. The molecule has 1 aliphatic rings. The van der Waals surface area contributed by atoms with Gasteiger partial charge in [0.1, 0.15) is 5.69 Å². The van der Waals surface area contributed by atoms with Gasteiger partial charge in [0.15, 0.2) is 0 Å². The highest BCUT2D eigenvalue weighted by molar-refractivity contribution is 5.92. The lowest BCUT2D eigenvalue weighted by Gasteiger charge is -2.33. The highest BCUT2D eigenvalue weighted by Crippen LogP contribution is 2.02. The number of likely N-dealkylation sites (N-methyl/N-ethyl adjacent to an activating group) is 1. The van der Waals surface area contributed by atoms with Crippen LogP contribution in [0.25, 0.3) is 0 Å². The average Bonchev–Trinajstić information content (AvgIpc) is 2.90. The van der Waals surface area contributed by atoms with E-state index in [9.17, 15) is 4.79 Å². The highest BCUT2D eigenvalue weighted by Gasteiger charge is 2.14. The molecule has 5 nitrogen and oxygen atoms in total. The van der Waals surface area contributed by atoms with Crippen LogP contribution in [0.15, 0.2) is 18.3 Å². The lowest BCUT2D eigenvalue weighted by molar-refractivity contribution is 0.0940. The first-order valence-electron chi connectivity index (χ1n) is 7.55. The van der Waals surface area contributed by atoms with Gasteiger partial charge in [-0.2, -0.15) is 0 Å². The molecule has 20 heavy (non-hydrogen) atoms. The van der Waals surface area contributed by atoms with Crippen LogP contribution in [0.1, 0.15) is 23.8 Å². The first-order valence-corrected chi connectivity index (χ1v) is 7.55. The van der Waals surface area contributed by atoms with E-state index in [1.807, 2.05) is 29.9 Å². The van der Waals surface area contributed by atoms with Gasteiger partial charge in [0.2, 0.25) is 0 Å². The molecule has 1 N–H and O–H groups in total. The number of amides is 1. The van der Waals surface area contributed by atoms with Gasteiger partial charge in [-0.15, -0.1) is 0 Å². The van der Waals surface area contributed by atoms with Gasteiger partial charge < -0.3 is 19.7 Å². The molecule has 2 rings (SSSR count). The maximum atomic E-state index is 11.9. The molecular formula is C15H26N4O. The van der Waals surface area contributed by atoms with E-state index in [0.717, 1.165) is 44.8 Å². The summed E-state index contributed by atoms with van der Waals surface area (Å²) in [5, 5.41) is 2.99. The van der Waals surface area contributed by atoms with Crippen molar-refractivity contribution in [1.82, 2.24) is 19.7 Å². The molecule has 0 radical (unpaired) electrons. The molecule has 2 heterocycles. The minimum atomic E-state index is 0.0216. The third-order valence-corrected chi connectivity index (χ3v) is 4.03. The summed E-state index contributed by atoms with van der Waals surface area (Å²) in [5.74, 6) is 0.0216. The Bertz CT molecular complexity index is 421. The zero-order valence-corrected chi connectivity index (χ0v) is 12.6. The van der Waals surface area contributed by atoms with Gasteiger partial charge in [0.05, 0.1) is 0 Å². The number of rotatable bonds is 6. The largest absolute Gasteiger partial charge is 0.351 e. The average molecular weight is 278 g/mol. The number of aryl methyl sites for hydroxylation is 1. The number of nitrogens with zero attached hydrogens (tertiary/aromatic N) is 3. The second-order valence-corrected chi connectivity index (χ2v) is 5.39. The van der Waals surface area contributed by atoms with Crippen LogP contribution in [0.4, 0.5) is 0 Å². The molecule has 1 fully saturated rings. The quantitative estimate of drug-likeness (QED) is 0.782. The molecule has 0 unspecified atom stereocenters. The second kappa shape index (κ2) is 7.45. The molecule has 1 aromatic rings. The Hall–Kier alpha value is -1.33. The number of hydrogen-bond donors (Lipinski definition) is 1. The molecule has 0 saturated carbocycles. The van der Waals surface area contributed by atoms with E-state index in [-0.39, 0.29) is 5.91 Å². The van der Waals surface area contributed by atoms with Crippen LogP contribution < -0.4 is 5.32 Å². The Morgan fingerprint density at radius 3 is 2.55 bits per heavy atom. The second-order valence-electron chi connectivity index (χ2n) is 5.39. The third-order valence-electron chi connectivity index (χ3n) is 4.03. The zero-order chi connectivity index (χ0) is 14.4. The lowest BCUT2D eigenvalue weighted by Crippen LogP contribution is -2.46. The van der Waals surface area contributed by atoms with Gasteiger partial charge >= 0.3 is 0 Å². The van der Waals surface area contributed by atoms with Crippen LogP contribution in [0.2, 0.25) is 0 Å². The molecule has 1 aliphatic heterocycles. The van der Waals surface area contributed by atoms with Crippen LogP contribution >= 0.6 is 0 Å². The van der Waals surface area contributed by atoms with E-state index in [2.05, 4.69) is 22.0 Å². The van der Waals surface area contributed by atoms with E-state index in [4.69, 9.17) is 0 Å². The summed E-state index contributed by atoms with van der Waals surface area (Å²) in [6.07, 6.45) is 2.91. The van der Waals surface area contributed by atoms with Gasteiger partial charge in [0, 0.05) is 46.0 Å². The summed E-state index contributed by atoms with van der Waals surface area (Å²) >= 11 is 0. The van der Waals surface area contributed by atoms with Crippen LogP contribution in [0, 0.1) is 0 Å². The van der Waals surface area contributed by atoms with Crippen LogP contribution in [0.5, 0.6) is 0 Å². The van der Waals surface area contributed by atoms with Crippen molar-refractivity contribution in [2.24, 2.45) is 7.05 Å². The number of nitrogens with one attached hydrogen (secondary N) is 1. The van der Waals surface area contributed by atoms with E-state index in [0.29, 0.717) is 0 Å². The number of carbonyl (C=O) groups excluding carboxylic acids is 1. The van der Waals surface area contributed by atoms with Crippen molar-refractivity contribution >= 4 is 5.91 Å². The van der Waals surface area contributed by atoms with Crippen molar-refractivity contribution < 1.29 is 4.79 Å². The first kappa shape index (κ1) is 15.1. The molecule has 1 saturated heterocycles. The molecule has 1 amide bonds. The van der Waals surface area contributed by atoms with Gasteiger partial charge in [-0.05, 0) is 31.6 Å². The maximum Gasteiger partial charge on any atom is 0.267 e. The van der Waals surface area contributed by atoms with Gasteiger partial charge in [-0.3, -0.25) is 4.79 Å². The van der Waals surface area contributed by atoms with Gasteiger partial charge in [-0.1, -0.05) is 6.92 Å². The summed E-state index contributed by atoms with van der Waals surface area (Å²) in [5.41, 5.74) is 0.724. The molecule has 0 aromatic carbocycles. The Balaban J connectivity index is 1.60. The van der Waals surface area contributed by atoms with E-state index in [1.165, 1.54) is 13.1 Å². The Kier molecular flexibility index (Phi) is 5.61. The van der Waals surface area contributed by atoms with Crippen LogP contribution in [0.3, 0.4) is 0 Å². The van der Waals surface area contributed by atoms with Gasteiger partial charge in [0.25, 0.3) is 5.91 Å². The van der Waals surface area contributed by atoms with Crippen molar-refractivity contribution in [1.29, 1.82) is 0 Å². The fraction of sp³-hybridized carbons (Fsp3) is 0.667. The van der Waals surface area contributed by atoms with Gasteiger partial charge in [-0.25, -0.2) is 0 Å². The minimum absolute atomic E-state index is 0.0216. The minimum Gasteiger partial charge on any atom is -0.351 e. The molecule has 0 bridgehead atoms. The fourth-order valence-corrected chi connectivity index (χ4v) is 2.62. The Morgan fingerprint density at radius 1 is 1.25 bits per heavy atom. The normalized spacial score (nSPS) is 17.3. The molecule has 0 aliphatic carbocycles. The van der Waals surface area contributed by atoms with Crippen molar-refractivity contribution in [3.05, 3.63) is 24.0 Å². The first-order chi connectivity index (χ1) is 9.70. The topological polar surface area (TPSA) is 40.5 Å². The fourth-order valence-electron chi connectivity index (χ4n) is 2.62. The summed E-state index contributed by atoms with van der Waals surface area (Å²) in [4.78, 5) is 16.9. The lowest BCUT2D eigenvalue weighted by atomic mass is 10.3. The number of carbonyl (C=O) groups is 1. The molecule has 0 spiro atoms. The molecule has 5 heteroatoms. The standard InChI is InChI=1S/C15H26N4O/c1-3-18-10-12-19(13-11-18)9-5-7-16-15(20)14-6-4-8-17(14)2/h4,6,8H,3,5,7,9-13H2,1-2H3,(H,16,20). The summed E-state index contributed by atoms with van der Waals surface area (Å²) in [7, 11) is 1.89. The van der Waals surface area contributed by atoms with Crippen LogP contribution in [-0.4, -0.2) is 66.1 Å². The van der Waals surface area contributed by atoms with E-state index < -0.39 is 0 Å². The Labute approximate surface area is 121 Å². The van der Waals surface area contributed by atoms with E-state index >= 15 is 0 Å². The smallest absolute Gasteiger partial charge is 0.267 e. The monoisotopic (exact) mass is 278 g/mol. The van der Waals surface area contributed by atoms with Crippen molar-refractivity contribution in [2.45, 2.75) is 13.3 Å². The third kappa shape index (κ3) is 4.08. The SMILES string of the molecule is CCN1CCN(CCCNC(=O)c2cccn2C)CC1. The van der Waals surface area contributed by atoms with Crippen molar-refractivity contribution in [3.8, 4) is 0 Å². The summed E-state index contributed by atoms with van der Waals surface area (Å²) in [6.45, 7) is 9.84. The maximum absolute atomic E-state index is 11.9. The van der Waals surface area contributed by atoms with Crippen molar-refractivity contribution in [3.63, 3.8) is 0 Å². The number of hydrogen-bond acceptors (Lipinski definition) is 3.